The molecule has 0 aromatic rings. The zero-order valence-electron chi connectivity index (χ0n) is 17.9. The fourth-order valence-corrected chi connectivity index (χ4v) is 3.06. The van der Waals surface area contributed by atoms with Gasteiger partial charge in [-0.1, -0.05) is 72.6 Å². The Hall–Kier alpha value is -1.06. The summed E-state index contributed by atoms with van der Waals surface area (Å²) in [5.41, 5.74) is 0.138. The molecule has 1 atom stereocenters. The summed E-state index contributed by atoms with van der Waals surface area (Å²) in [6.07, 6.45) is 11.6. The van der Waals surface area contributed by atoms with Crippen LogP contribution in [0.2, 0.25) is 0 Å². The lowest BCUT2D eigenvalue weighted by atomic mass is 9.90. The van der Waals surface area contributed by atoms with E-state index in [9.17, 15) is 9.59 Å². The Bertz CT molecular complexity index is 371. The molecule has 0 aliphatic heterocycles. The van der Waals surface area contributed by atoms with Crippen molar-refractivity contribution in [2.24, 2.45) is 5.41 Å². The van der Waals surface area contributed by atoms with Crippen molar-refractivity contribution in [1.29, 1.82) is 0 Å². The molecule has 0 heterocycles. The van der Waals surface area contributed by atoms with Crippen LogP contribution < -0.4 is 0 Å². The predicted octanol–water partition coefficient (Wildman–Crippen LogP) is 6.21. The van der Waals surface area contributed by atoms with Crippen LogP contribution in [0.25, 0.3) is 0 Å². The molecule has 0 aliphatic carbocycles. The van der Waals surface area contributed by atoms with E-state index in [1.807, 2.05) is 6.92 Å². The third-order valence-corrected chi connectivity index (χ3v) is 4.26. The van der Waals surface area contributed by atoms with E-state index in [1.165, 1.54) is 38.5 Å². The van der Waals surface area contributed by atoms with E-state index in [1.54, 1.807) is 0 Å². The minimum atomic E-state index is -0.224. The molecule has 0 bridgehead atoms. The first-order valence-corrected chi connectivity index (χ1v) is 10.6. The highest BCUT2D eigenvalue weighted by Crippen LogP contribution is 2.22. The van der Waals surface area contributed by atoms with Crippen molar-refractivity contribution >= 4 is 11.9 Å². The first-order chi connectivity index (χ1) is 12.2. The van der Waals surface area contributed by atoms with E-state index in [4.69, 9.17) is 9.47 Å². The van der Waals surface area contributed by atoms with Crippen molar-refractivity contribution in [2.75, 3.05) is 6.61 Å². The zero-order valence-corrected chi connectivity index (χ0v) is 17.9. The van der Waals surface area contributed by atoms with Crippen LogP contribution >= 0.6 is 0 Å². The SMILES string of the molecule is CCCCCCCCCCOC(=O)CCCC(=O)OC(C)CC(C)(C)C. The van der Waals surface area contributed by atoms with Crippen LogP contribution in [-0.2, 0) is 19.1 Å². The molecule has 0 radical (unpaired) electrons. The van der Waals surface area contributed by atoms with Gasteiger partial charge in [-0.3, -0.25) is 9.59 Å². The molecule has 154 valence electrons. The summed E-state index contributed by atoms with van der Waals surface area (Å²) in [5, 5.41) is 0. The summed E-state index contributed by atoms with van der Waals surface area (Å²) >= 11 is 0. The number of ether oxygens (including phenoxy) is 2. The van der Waals surface area contributed by atoms with Gasteiger partial charge in [-0.2, -0.15) is 0 Å². The Morgan fingerprint density at radius 3 is 1.92 bits per heavy atom. The van der Waals surface area contributed by atoms with Gasteiger partial charge in [0.25, 0.3) is 0 Å². The highest BCUT2D eigenvalue weighted by molar-refractivity contribution is 5.72. The van der Waals surface area contributed by atoms with E-state index in [-0.39, 0.29) is 29.9 Å². The van der Waals surface area contributed by atoms with E-state index in [0.29, 0.717) is 19.4 Å². The lowest BCUT2D eigenvalue weighted by molar-refractivity contribution is -0.149. The maximum absolute atomic E-state index is 11.8. The first kappa shape index (κ1) is 24.9. The minimum absolute atomic E-state index is 0.0866. The summed E-state index contributed by atoms with van der Waals surface area (Å²) in [6, 6.07) is 0. The van der Waals surface area contributed by atoms with Crippen LogP contribution in [0.3, 0.4) is 0 Å². The maximum atomic E-state index is 11.8. The fraction of sp³-hybridized carbons (Fsp3) is 0.909. The number of esters is 2. The van der Waals surface area contributed by atoms with Crippen molar-refractivity contribution in [3.8, 4) is 0 Å². The molecule has 4 nitrogen and oxygen atoms in total. The van der Waals surface area contributed by atoms with Gasteiger partial charge in [0.2, 0.25) is 0 Å². The third-order valence-electron chi connectivity index (χ3n) is 4.26. The summed E-state index contributed by atoms with van der Waals surface area (Å²) in [7, 11) is 0. The van der Waals surface area contributed by atoms with Crippen molar-refractivity contribution in [3.63, 3.8) is 0 Å². The highest BCUT2D eigenvalue weighted by Gasteiger charge is 2.18. The Morgan fingerprint density at radius 2 is 1.35 bits per heavy atom. The largest absolute Gasteiger partial charge is 0.466 e. The van der Waals surface area contributed by atoms with Crippen LogP contribution in [0.4, 0.5) is 0 Å². The predicted molar refractivity (Wildman–Crippen MR) is 107 cm³/mol. The third kappa shape index (κ3) is 17.8. The second-order valence-corrected chi connectivity index (χ2v) is 8.61. The lowest BCUT2D eigenvalue weighted by Crippen LogP contribution is -2.21. The van der Waals surface area contributed by atoms with Crippen LogP contribution in [0.15, 0.2) is 0 Å². The normalized spacial score (nSPS) is 12.7. The Kier molecular flexibility index (Phi) is 14.4. The molecule has 0 N–H and O–H groups in total. The average molecular weight is 371 g/mol. The first-order valence-electron chi connectivity index (χ1n) is 10.6. The van der Waals surface area contributed by atoms with Gasteiger partial charge in [0.1, 0.15) is 0 Å². The number of unbranched alkanes of at least 4 members (excludes halogenated alkanes) is 7. The number of carbonyl (C=O) groups excluding carboxylic acids is 2. The summed E-state index contributed by atoms with van der Waals surface area (Å²) in [4.78, 5) is 23.4. The van der Waals surface area contributed by atoms with Gasteiger partial charge < -0.3 is 9.47 Å². The van der Waals surface area contributed by atoms with Gasteiger partial charge in [-0.15, -0.1) is 0 Å². The van der Waals surface area contributed by atoms with Crippen molar-refractivity contribution in [3.05, 3.63) is 0 Å². The Morgan fingerprint density at radius 1 is 0.808 bits per heavy atom. The second kappa shape index (κ2) is 15.0. The van der Waals surface area contributed by atoms with E-state index < -0.39 is 0 Å². The van der Waals surface area contributed by atoms with Gasteiger partial charge in [-0.05, 0) is 31.6 Å². The molecule has 1 unspecified atom stereocenters. The quantitative estimate of drug-likeness (QED) is 0.254. The smallest absolute Gasteiger partial charge is 0.306 e. The van der Waals surface area contributed by atoms with Gasteiger partial charge in [0, 0.05) is 12.8 Å². The molecule has 0 saturated heterocycles. The van der Waals surface area contributed by atoms with Crippen LogP contribution in [0.5, 0.6) is 0 Å². The van der Waals surface area contributed by atoms with Crippen molar-refractivity contribution in [2.45, 2.75) is 118 Å². The molecular weight excluding hydrogens is 328 g/mol. The summed E-state index contributed by atoms with van der Waals surface area (Å²) in [5.74, 6) is -0.430. The highest BCUT2D eigenvalue weighted by atomic mass is 16.5. The Labute approximate surface area is 161 Å². The number of hydrogen-bond acceptors (Lipinski definition) is 4. The van der Waals surface area contributed by atoms with Crippen LogP contribution in [0.1, 0.15) is 112 Å². The maximum Gasteiger partial charge on any atom is 0.306 e. The summed E-state index contributed by atoms with van der Waals surface area (Å²) < 4.78 is 10.6. The molecule has 0 aromatic carbocycles. The zero-order chi connectivity index (χ0) is 19.8. The van der Waals surface area contributed by atoms with Crippen molar-refractivity contribution in [1.82, 2.24) is 0 Å². The van der Waals surface area contributed by atoms with E-state index in [2.05, 4.69) is 27.7 Å². The molecular formula is C22H42O4. The molecule has 26 heavy (non-hydrogen) atoms. The van der Waals surface area contributed by atoms with E-state index >= 15 is 0 Å². The minimum Gasteiger partial charge on any atom is -0.466 e. The topological polar surface area (TPSA) is 52.6 Å². The molecule has 0 aliphatic rings. The summed E-state index contributed by atoms with van der Waals surface area (Å²) in [6.45, 7) is 11.0. The van der Waals surface area contributed by atoms with Crippen molar-refractivity contribution < 1.29 is 19.1 Å². The molecule has 0 aromatic heterocycles. The number of rotatable bonds is 15. The van der Waals surface area contributed by atoms with Gasteiger partial charge in [-0.25, -0.2) is 0 Å². The van der Waals surface area contributed by atoms with E-state index in [0.717, 1.165) is 19.3 Å². The second-order valence-electron chi connectivity index (χ2n) is 8.61. The number of hydrogen-bond donors (Lipinski definition) is 0. The Balaban J connectivity index is 3.52. The average Bonchev–Trinajstić information content (AvgIpc) is 2.51. The number of carbonyl (C=O) groups is 2. The van der Waals surface area contributed by atoms with Gasteiger partial charge in [0.15, 0.2) is 0 Å². The monoisotopic (exact) mass is 370 g/mol. The molecule has 0 amide bonds. The molecule has 4 heteroatoms. The van der Waals surface area contributed by atoms with Crippen LogP contribution in [-0.4, -0.2) is 24.6 Å². The van der Waals surface area contributed by atoms with Crippen LogP contribution in [0, 0.1) is 5.41 Å². The molecule has 0 saturated carbocycles. The molecule has 0 rings (SSSR count). The van der Waals surface area contributed by atoms with Gasteiger partial charge >= 0.3 is 11.9 Å². The van der Waals surface area contributed by atoms with Gasteiger partial charge in [0.05, 0.1) is 12.7 Å². The fourth-order valence-electron chi connectivity index (χ4n) is 3.06. The lowest BCUT2D eigenvalue weighted by Gasteiger charge is -2.23. The molecule has 0 fully saturated rings. The molecule has 0 spiro atoms. The standard InChI is InChI=1S/C22H42O4/c1-6-7-8-9-10-11-12-13-17-25-20(23)15-14-16-21(24)26-19(2)18-22(3,4)5/h19H,6-18H2,1-5H3.